The average molecular weight is 389 g/mol. The zero-order valence-corrected chi connectivity index (χ0v) is 15.3. The Morgan fingerprint density at radius 2 is 1.88 bits per heavy atom. The molecule has 0 bridgehead atoms. The Hall–Kier alpha value is -1.22. The first-order valence-electron chi connectivity index (χ1n) is 8.35. The summed E-state index contributed by atoms with van der Waals surface area (Å²) in [6.45, 7) is 0.504. The lowest BCUT2D eigenvalue weighted by atomic mass is 9.83. The molecule has 0 aromatic heterocycles. The van der Waals surface area contributed by atoms with Gasteiger partial charge in [-0.3, -0.25) is 10.1 Å². The average Bonchev–Trinajstić information content (AvgIpc) is 2.62. The molecular weight excluding hydrogens is 368 g/mol. The molecule has 0 radical (unpaired) electrons. The Kier molecular flexibility index (Phi) is 5.34. The van der Waals surface area contributed by atoms with Crippen molar-refractivity contribution in [1.82, 2.24) is 4.31 Å². The largest absolute Gasteiger partial charge is 0.368 e. The van der Waals surface area contributed by atoms with Crippen molar-refractivity contribution in [2.45, 2.75) is 48.7 Å². The van der Waals surface area contributed by atoms with E-state index in [0.717, 1.165) is 32.1 Å². The van der Waals surface area contributed by atoms with Crippen LogP contribution in [0.2, 0.25) is 0 Å². The molecule has 0 amide bonds. The molecule has 138 valence electrons. The van der Waals surface area contributed by atoms with Gasteiger partial charge in [0.2, 0.25) is 10.0 Å². The minimum absolute atomic E-state index is 0.0549. The van der Waals surface area contributed by atoms with Crippen LogP contribution < -0.4 is 0 Å². The van der Waals surface area contributed by atoms with Crippen molar-refractivity contribution in [1.29, 1.82) is 0 Å². The van der Waals surface area contributed by atoms with Crippen LogP contribution in [0.15, 0.2) is 29.2 Å². The number of rotatable bonds is 4. The molecule has 1 aliphatic carbocycles. The van der Waals surface area contributed by atoms with Gasteiger partial charge in [-0.2, -0.15) is 4.31 Å². The van der Waals surface area contributed by atoms with E-state index in [1.807, 2.05) is 0 Å². The number of morpholine rings is 1. The van der Waals surface area contributed by atoms with Gasteiger partial charge in [0.05, 0.1) is 21.5 Å². The Labute approximate surface area is 152 Å². The SMILES string of the molecule is O=[N+]([O-])c1ccc(S(=O)(=O)N2CC(CCl)OC3(CCCCC3)C2)cc1. The van der Waals surface area contributed by atoms with Crippen molar-refractivity contribution in [2.75, 3.05) is 19.0 Å². The Bertz CT molecular complexity index is 731. The van der Waals surface area contributed by atoms with E-state index in [1.54, 1.807) is 0 Å². The van der Waals surface area contributed by atoms with E-state index in [2.05, 4.69) is 0 Å². The van der Waals surface area contributed by atoms with Gasteiger partial charge in [0, 0.05) is 31.1 Å². The van der Waals surface area contributed by atoms with E-state index in [4.69, 9.17) is 16.3 Å². The van der Waals surface area contributed by atoms with Gasteiger partial charge < -0.3 is 4.74 Å². The van der Waals surface area contributed by atoms with E-state index in [0.29, 0.717) is 6.54 Å². The molecule has 1 heterocycles. The van der Waals surface area contributed by atoms with Gasteiger partial charge in [-0.05, 0) is 25.0 Å². The lowest BCUT2D eigenvalue weighted by Gasteiger charge is -2.47. The molecule has 1 aromatic carbocycles. The Balaban J connectivity index is 1.88. The standard InChI is InChI=1S/C16H21ClN2O5S/c17-10-14-11-18(12-16(24-14)8-2-1-3-9-16)25(22,23)15-6-4-13(5-7-15)19(20)21/h4-7,14H,1-3,8-12H2. The molecule has 1 unspecified atom stereocenters. The third-order valence-electron chi connectivity index (χ3n) is 4.91. The molecule has 1 saturated carbocycles. The number of sulfonamides is 1. The van der Waals surface area contributed by atoms with Crippen molar-refractivity contribution in [3.8, 4) is 0 Å². The summed E-state index contributed by atoms with van der Waals surface area (Å²) in [5, 5.41) is 10.8. The lowest BCUT2D eigenvalue weighted by molar-refractivity contribution is -0.384. The van der Waals surface area contributed by atoms with Crippen LogP contribution in [-0.2, 0) is 14.8 Å². The van der Waals surface area contributed by atoms with Crippen molar-refractivity contribution >= 4 is 27.3 Å². The summed E-state index contributed by atoms with van der Waals surface area (Å²) in [4.78, 5) is 10.3. The number of hydrogen-bond donors (Lipinski definition) is 0. The monoisotopic (exact) mass is 388 g/mol. The smallest absolute Gasteiger partial charge is 0.269 e. The van der Waals surface area contributed by atoms with Crippen LogP contribution in [0.4, 0.5) is 5.69 Å². The Morgan fingerprint density at radius 3 is 2.44 bits per heavy atom. The highest BCUT2D eigenvalue weighted by Gasteiger charge is 2.45. The summed E-state index contributed by atoms with van der Waals surface area (Å²) in [6.07, 6.45) is 4.47. The maximum Gasteiger partial charge on any atom is 0.269 e. The summed E-state index contributed by atoms with van der Waals surface area (Å²) in [7, 11) is -3.75. The van der Waals surface area contributed by atoms with E-state index in [-0.39, 0.29) is 29.1 Å². The fourth-order valence-electron chi connectivity index (χ4n) is 3.67. The van der Waals surface area contributed by atoms with E-state index < -0.39 is 20.5 Å². The Morgan fingerprint density at radius 1 is 1.24 bits per heavy atom. The lowest BCUT2D eigenvalue weighted by Crippen LogP contribution is -2.58. The zero-order valence-electron chi connectivity index (χ0n) is 13.8. The number of hydrogen-bond acceptors (Lipinski definition) is 5. The molecule has 1 atom stereocenters. The first kappa shape index (κ1) is 18.6. The third-order valence-corrected chi connectivity index (χ3v) is 7.08. The van der Waals surface area contributed by atoms with Crippen molar-refractivity contribution in [3.05, 3.63) is 34.4 Å². The third kappa shape index (κ3) is 3.81. The fourth-order valence-corrected chi connectivity index (χ4v) is 5.37. The molecule has 3 rings (SSSR count). The highest BCUT2D eigenvalue weighted by Crippen LogP contribution is 2.38. The number of nitro groups is 1. The van der Waals surface area contributed by atoms with Crippen LogP contribution in [0, 0.1) is 10.1 Å². The van der Waals surface area contributed by atoms with Gasteiger partial charge in [0.25, 0.3) is 5.69 Å². The molecule has 1 aliphatic heterocycles. The molecule has 1 saturated heterocycles. The van der Waals surface area contributed by atoms with Crippen LogP contribution in [0.3, 0.4) is 0 Å². The summed E-state index contributed by atoms with van der Waals surface area (Å²) in [5.74, 6) is 0.230. The minimum atomic E-state index is -3.75. The first-order valence-corrected chi connectivity index (χ1v) is 10.3. The maximum atomic E-state index is 13.0. The van der Waals surface area contributed by atoms with Crippen LogP contribution >= 0.6 is 11.6 Å². The van der Waals surface area contributed by atoms with Gasteiger partial charge in [-0.25, -0.2) is 8.42 Å². The number of alkyl halides is 1. The topological polar surface area (TPSA) is 89.8 Å². The second-order valence-electron chi connectivity index (χ2n) is 6.69. The summed E-state index contributed by atoms with van der Waals surface area (Å²) in [6, 6.07) is 4.99. The van der Waals surface area contributed by atoms with Gasteiger partial charge in [0.1, 0.15) is 0 Å². The van der Waals surface area contributed by atoms with Crippen LogP contribution in [0.5, 0.6) is 0 Å². The fraction of sp³-hybridized carbons (Fsp3) is 0.625. The summed E-state index contributed by atoms with van der Waals surface area (Å²) >= 11 is 5.98. The van der Waals surface area contributed by atoms with Crippen LogP contribution in [-0.4, -0.2) is 48.3 Å². The molecule has 0 N–H and O–H groups in total. The van der Waals surface area contributed by atoms with Crippen molar-refractivity contribution in [3.63, 3.8) is 0 Å². The summed E-state index contributed by atoms with van der Waals surface area (Å²) in [5.41, 5.74) is -0.604. The molecule has 9 heteroatoms. The minimum Gasteiger partial charge on any atom is -0.368 e. The van der Waals surface area contributed by atoms with Gasteiger partial charge in [-0.1, -0.05) is 19.3 Å². The molecule has 2 fully saturated rings. The second kappa shape index (κ2) is 7.19. The zero-order chi connectivity index (χ0) is 18.1. The van der Waals surface area contributed by atoms with Crippen molar-refractivity contribution < 1.29 is 18.1 Å². The highest BCUT2D eigenvalue weighted by atomic mass is 35.5. The van der Waals surface area contributed by atoms with Gasteiger partial charge >= 0.3 is 0 Å². The number of non-ortho nitro benzene ring substituents is 1. The van der Waals surface area contributed by atoms with Gasteiger partial charge in [0.15, 0.2) is 0 Å². The van der Waals surface area contributed by atoms with E-state index in [1.165, 1.54) is 28.6 Å². The van der Waals surface area contributed by atoms with Crippen LogP contribution in [0.25, 0.3) is 0 Å². The molecule has 25 heavy (non-hydrogen) atoms. The van der Waals surface area contributed by atoms with Crippen LogP contribution in [0.1, 0.15) is 32.1 Å². The second-order valence-corrected chi connectivity index (χ2v) is 8.93. The predicted octanol–water partition coefficient (Wildman–Crippen LogP) is 2.93. The van der Waals surface area contributed by atoms with Gasteiger partial charge in [-0.15, -0.1) is 11.6 Å². The maximum absolute atomic E-state index is 13.0. The molecule has 1 aromatic rings. The van der Waals surface area contributed by atoms with E-state index >= 15 is 0 Å². The van der Waals surface area contributed by atoms with E-state index in [9.17, 15) is 18.5 Å². The van der Waals surface area contributed by atoms with Crippen molar-refractivity contribution in [2.24, 2.45) is 0 Å². The molecular formula is C16H21ClN2O5S. The normalized spacial score (nSPS) is 24.3. The summed E-state index contributed by atoms with van der Waals surface area (Å²) < 4.78 is 33.6. The quantitative estimate of drug-likeness (QED) is 0.449. The number of nitro benzene ring substituents is 1. The molecule has 1 spiro atoms. The predicted molar refractivity (Wildman–Crippen MR) is 93.3 cm³/mol. The first-order chi connectivity index (χ1) is 11.9. The molecule has 7 nitrogen and oxygen atoms in total. The highest BCUT2D eigenvalue weighted by molar-refractivity contribution is 7.89. The number of halogens is 1. The number of benzene rings is 1. The number of ether oxygens (including phenoxy) is 1. The molecule has 2 aliphatic rings. The number of nitrogens with zero attached hydrogens (tertiary/aromatic N) is 2.